The number of benzene rings is 2. The van der Waals surface area contributed by atoms with Crippen LogP contribution in [0.1, 0.15) is 12.0 Å². The van der Waals surface area contributed by atoms with Crippen LogP contribution < -0.4 is 10.6 Å². The second kappa shape index (κ2) is 4.85. The number of fused-ring (bicyclic) bond motifs is 1. The van der Waals surface area contributed by atoms with Gasteiger partial charge in [-0.15, -0.1) is 6.58 Å². The van der Waals surface area contributed by atoms with Gasteiger partial charge in [0.2, 0.25) is 0 Å². The van der Waals surface area contributed by atoms with Crippen molar-refractivity contribution in [1.29, 1.82) is 0 Å². The van der Waals surface area contributed by atoms with E-state index in [1.54, 1.807) is 6.08 Å². The van der Waals surface area contributed by atoms with E-state index >= 15 is 0 Å². The van der Waals surface area contributed by atoms with E-state index in [-0.39, 0.29) is 5.91 Å². The molecule has 3 heteroatoms. The van der Waals surface area contributed by atoms with E-state index in [1.165, 1.54) is 0 Å². The minimum Gasteiger partial charge on any atom is -0.367 e. The normalized spacial score (nSPS) is 20.1. The summed E-state index contributed by atoms with van der Waals surface area (Å²) in [5, 5.41) is 6.32. The first kappa shape index (κ1) is 12.5. The summed E-state index contributed by atoms with van der Waals surface area (Å²) >= 11 is 0. The summed E-state index contributed by atoms with van der Waals surface area (Å²) in [4.78, 5) is 12.5. The third-order valence-electron chi connectivity index (χ3n) is 3.60. The van der Waals surface area contributed by atoms with Crippen LogP contribution >= 0.6 is 0 Å². The molecule has 0 bridgehead atoms. The van der Waals surface area contributed by atoms with E-state index < -0.39 is 5.54 Å². The number of anilines is 2. The van der Waals surface area contributed by atoms with Crippen LogP contribution in [0.15, 0.2) is 67.3 Å². The van der Waals surface area contributed by atoms with E-state index in [0.29, 0.717) is 6.42 Å². The van der Waals surface area contributed by atoms with Gasteiger partial charge in [0.25, 0.3) is 5.91 Å². The summed E-state index contributed by atoms with van der Waals surface area (Å²) in [6.07, 6.45) is 2.31. The van der Waals surface area contributed by atoms with Gasteiger partial charge < -0.3 is 10.6 Å². The lowest BCUT2D eigenvalue weighted by Gasteiger charge is -2.28. The minimum atomic E-state index is -0.778. The Morgan fingerprint density at radius 2 is 1.80 bits per heavy atom. The molecule has 0 fully saturated rings. The molecule has 1 atom stereocenters. The fourth-order valence-corrected chi connectivity index (χ4v) is 2.68. The maximum Gasteiger partial charge on any atom is 0.255 e. The number of para-hydroxylation sites is 2. The van der Waals surface area contributed by atoms with Crippen LogP contribution in [0.5, 0.6) is 0 Å². The molecule has 0 saturated carbocycles. The van der Waals surface area contributed by atoms with Gasteiger partial charge in [-0.25, -0.2) is 0 Å². The monoisotopic (exact) mass is 264 g/mol. The lowest BCUT2D eigenvalue weighted by atomic mass is 9.87. The molecular formula is C17H16N2O. The highest BCUT2D eigenvalue weighted by atomic mass is 16.2. The molecule has 2 N–H and O–H groups in total. The van der Waals surface area contributed by atoms with Gasteiger partial charge in [-0.2, -0.15) is 0 Å². The zero-order valence-corrected chi connectivity index (χ0v) is 11.1. The highest BCUT2D eigenvalue weighted by molar-refractivity contribution is 6.07. The van der Waals surface area contributed by atoms with Gasteiger partial charge in [0.1, 0.15) is 5.54 Å². The van der Waals surface area contributed by atoms with Gasteiger partial charge in [0.05, 0.1) is 0 Å². The summed E-state index contributed by atoms with van der Waals surface area (Å²) < 4.78 is 0. The third-order valence-corrected chi connectivity index (χ3v) is 3.60. The van der Waals surface area contributed by atoms with Crippen molar-refractivity contribution in [1.82, 2.24) is 0 Å². The number of hydrogen-bond donors (Lipinski definition) is 2. The molecule has 2 aromatic rings. The molecule has 1 aliphatic heterocycles. The van der Waals surface area contributed by atoms with E-state index in [2.05, 4.69) is 17.2 Å². The summed E-state index contributed by atoms with van der Waals surface area (Å²) in [5.41, 5.74) is 1.97. The maximum absolute atomic E-state index is 12.5. The SMILES string of the molecule is C=CCC1(Nc2ccccc2)C(=O)Nc2ccccc21. The molecule has 0 saturated heterocycles. The zero-order valence-electron chi connectivity index (χ0n) is 11.1. The van der Waals surface area contributed by atoms with Crippen LogP contribution in [0, 0.1) is 0 Å². The zero-order chi connectivity index (χ0) is 14.0. The first-order valence-corrected chi connectivity index (χ1v) is 6.61. The first-order chi connectivity index (χ1) is 9.76. The predicted molar refractivity (Wildman–Crippen MR) is 81.6 cm³/mol. The average molecular weight is 264 g/mol. The number of hydrogen-bond acceptors (Lipinski definition) is 2. The topological polar surface area (TPSA) is 41.1 Å². The highest BCUT2D eigenvalue weighted by Crippen LogP contribution is 2.40. The smallest absolute Gasteiger partial charge is 0.255 e. The Hall–Kier alpha value is -2.55. The summed E-state index contributed by atoms with van der Waals surface area (Å²) in [6, 6.07) is 17.5. The van der Waals surface area contributed by atoms with E-state index in [1.807, 2.05) is 54.6 Å². The molecule has 3 rings (SSSR count). The van der Waals surface area contributed by atoms with Gasteiger partial charge in [0, 0.05) is 23.4 Å². The van der Waals surface area contributed by atoms with Crippen LogP contribution in [-0.2, 0) is 10.3 Å². The molecule has 1 unspecified atom stereocenters. The van der Waals surface area contributed by atoms with Crippen molar-refractivity contribution >= 4 is 17.3 Å². The highest BCUT2D eigenvalue weighted by Gasteiger charge is 2.45. The second-order valence-electron chi connectivity index (χ2n) is 4.89. The van der Waals surface area contributed by atoms with E-state index in [4.69, 9.17) is 0 Å². The molecule has 0 aromatic heterocycles. The number of carbonyl (C=O) groups excluding carboxylic acids is 1. The van der Waals surface area contributed by atoms with Gasteiger partial charge >= 0.3 is 0 Å². The molecular weight excluding hydrogens is 248 g/mol. The number of carbonyl (C=O) groups is 1. The second-order valence-corrected chi connectivity index (χ2v) is 4.89. The lowest BCUT2D eigenvalue weighted by molar-refractivity contribution is -0.119. The minimum absolute atomic E-state index is 0.0394. The Morgan fingerprint density at radius 3 is 2.55 bits per heavy atom. The van der Waals surface area contributed by atoms with E-state index in [0.717, 1.165) is 16.9 Å². The van der Waals surface area contributed by atoms with Crippen molar-refractivity contribution in [3.63, 3.8) is 0 Å². The van der Waals surface area contributed by atoms with Crippen molar-refractivity contribution in [2.45, 2.75) is 12.0 Å². The van der Waals surface area contributed by atoms with Gasteiger partial charge in [0.15, 0.2) is 0 Å². The van der Waals surface area contributed by atoms with Crippen molar-refractivity contribution in [2.75, 3.05) is 10.6 Å². The number of nitrogens with one attached hydrogen (secondary N) is 2. The standard InChI is InChI=1S/C17H16N2O/c1-2-12-17(19-13-8-4-3-5-9-13)14-10-6-7-11-15(14)18-16(17)20/h2-11,19H,1,12H2,(H,18,20). The van der Waals surface area contributed by atoms with Crippen LogP contribution in [-0.4, -0.2) is 5.91 Å². The molecule has 1 amide bonds. The first-order valence-electron chi connectivity index (χ1n) is 6.61. The summed E-state index contributed by atoms with van der Waals surface area (Å²) in [5.74, 6) is -0.0394. The van der Waals surface area contributed by atoms with Crippen LogP contribution in [0.3, 0.4) is 0 Å². The largest absolute Gasteiger partial charge is 0.367 e. The van der Waals surface area contributed by atoms with E-state index in [9.17, 15) is 4.79 Å². The molecule has 1 aliphatic rings. The number of rotatable bonds is 4. The van der Waals surface area contributed by atoms with Crippen molar-refractivity contribution < 1.29 is 4.79 Å². The fraction of sp³-hybridized carbons (Fsp3) is 0.118. The molecule has 3 nitrogen and oxygen atoms in total. The maximum atomic E-state index is 12.5. The van der Waals surface area contributed by atoms with Crippen LogP contribution in [0.4, 0.5) is 11.4 Å². The fourth-order valence-electron chi connectivity index (χ4n) is 2.68. The van der Waals surface area contributed by atoms with Crippen LogP contribution in [0.2, 0.25) is 0 Å². The van der Waals surface area contributed by atoms with Crippen molar-refractivity contribution in [3.8, 4) is 0 Å². The Kier molecular flexibility index (Phi) is 3.03. The molecule has 1 heterocycles. The predicted octanol–water partition coefficient (Wildman–Crippen LogP) is 3.52. The van der Waals surface area contributed by atoms with Gasteiger partial charge in [-0.05, 0) is 18.2 Å². The molecule has 20 heavy (non-hydrogen) atoms. The summed E-state index contributed by atoms with van der Waals surface area (Å²) in [6.45, 7) is 3.80. The quantitative estimate of drug-likeness (QED) is 0.829. The molecule has 0 radical (unpaired) electrons. The Balaban J connectivity index is 2.08. The van der Waals surface area contributed by atoms with Crippen molar-refractivity contribution in [3.05, 3.63) is 72.8 Å². The van der Waals surface area contributed by atoms with Crippen LogP contribution in [0.25, 0.3) is 0 Å². The average Bonchev–Trinajstić information content (AvgIpc) is 2.74. The molecule has 0 spiro atoms. The van der Waals surface area contributed by atoms with Gasteiger partial charge in [-0.3, -0.25) is 4.79 Å². The summed E-state index contributed by atoms with van der Waals surface area (Å²) in [7, 11) is 0. The van der Waals surface area contributed by atoms with Crippen molar-refractivity contribution in [2.24, 2.45) is 0 Å². The lowest BCUT2D eigenvalue weighted by Crippen LogP contribution is -2.41. The molecule has 0 aliphatic carbocycles. The van der Waals surface area contributed by atoms with Gasteiger partial charge in [-0.1, -0.05) is 42.5 Å². The number of amides is 1. The molecule has 100 valence electrons. The third kappa shape index (κ3) is 1.88. The Labute approximate surface area is 118 Å². The Bertz CT molecular complexity index is 651. The molecule has 2 aromatic carbocycles. The Morgan fingerprint density at radius 1 is 1.10 bits per heavy atom.